The fraction of sp³-hybridized carbons (Fsp3) is 0.217. The van der Waals surface area contributed by atoms with E-state index >= 15 is 0 Å². The lowest BCUT2D eigenvalue weighted by Gasteiger charge is -2.14. The summed E-state index contributed by atoms with van der Waals surface area (Å²) in [6.45, 7) is 7.64. The smallest absolute Gasteiger partial charge is 0.221 e. The molecule has 0 bridgehead atoms. The molecule has 0 saturated carbocycles. The van der Waals surface area contributed by atoms with E-state index in [-0.39, 0.29) is 27.1 Å². The first-order valence-electron chi connectivity index (χ1n) is 9.88. The largest absolute Gasteiger partial charge is 0.505 e. The summed E-state index contributed by atoms with van der Waals surface area (Å²) >= 11 is 12.2. The number of phenolic OH excluding ortho intramolecular Hbond substituents is 1. The molecule has 9 heteroatoms. The number of carbonyl (C=O) groups is 1. The number of fused-ring (bicyclic) bond motifs is 1. The van der Waals surface area contributed by atoms with Crippen LogP contribution in [0.2, 0.25) is 10.0 Å². The summed E-state index contributed by atoms with van der Waals surface area (Å²) in [5, 5.41) is 23.0. The molecule has 0 atom stereocenters. The second-order valence-corrected chi connectivity index (χ2v) is 9.31. The molecule has 7 nitrogen and oxygen atoms in total. The Bertz CT molecular complexity index is 1370. The second-order valence-electron chi connectivity index (χ2n) is 8.50. The van der Waals surface area contributed by atoms with Crippen molar-refractivity contribution in [2.45, 2.75) is 33.1 Å². The summed E-state index contributed by atoms with van der Waals surface area (Å²) < 4.78 is 1.52. The van der Waals surface area contributed by atoms with Gasteiger partial charge in [-0.3, -0.25) is 4.79 Å². The minimum Gasteiger partial charge on any atom is -0.505 e. The molecule has 1 amide bonds. The maximum atomic E-state index is 11.2. The number of benzene rings is 2. The number of rotatable bonds is 3. The first-order valence-corrected chi connectivity index (χ1v) is 10.6. The van der Waals surface area contributed by atoms with E-state index in [2.05, 4.69) is 36.3 Å². The standard InChI is InChI=1S/C23H21Cl2N5O2/c1-12(31)26-15-7-5-14(6-8-15)21-27-22-16(20(23(2,3)4)28-30(22)29-21)9-13-10-17(24)19(32)18(25)11-13/h5-11,32H,1-4H3,(H,26,31)/b16-9-. The van der Waals surface area contributed by atoms with Crippen LogP contribution in [0.5, 0.6) is 5.75 Å². The number of aromatic hydroxyl groups is 1. The fourth-order valence-corrected chi connectivity index (χ4v) is 3.85. The van der Waals surface area contributed by atoms with Crippen molar-refractivity contribution in [3.63, 3.8) is 0 Å². The summed E-state index contributed by atoms with van der Waals surface area (Å²) in [7, 11) is 0. The Balaban J connectivity index is 1.86. The van der Waals surface area contributed by atoms with Crippen molar-refractivity contribution in [3.8, 4) is 17.1 Å². The summed E-state index contributed by atoms with van der Waals surface area (Å²) in [6, 6.07) is 10.5. The van der Waals surface area contributed by atoms with Crippen LogP contribution < -0.4 is 10.5 Å². The van der Waals surface area contributed by atoms with Crippen molar-refractivity contribution in [1.82, 2.24) is 19.8 Å². The lowest BCUT2D eigenvalue weighted by atomic mass is 9.91. The Morgan fingerprint density at radius 2 is 1.72 bits per heavy atom. The molecule has 4 aromatic rings. The molecule has 0 radical (unpaired) electrons. The highest BCUT2D eigenvalue weighted by molar-refractivity contribution is 6.37. The fourth-order valence-electron chi connectivity index (χ4n) is 3.35. The van der Waals surface area contributed by atoms with E-state index in [4.69, 9.17) is 28.2 Å². The number of anilines is 1. The number of nitrogens with one attached hydrogen (secondary N) is 1. The molecule has 2 N–H and O–H groups in total. The minimum absolute atomic E-state index is 0.134. The molecule has 0 unspecified atom stereocenters. The van der Waals surface area contributed by atoms with Crippen molar-refractivity contribution in [1.29, 1.82) is 0 Å². The maximum absolute atomic E-state index is 11.2. The van der Waals surface area contributed by atoms with Crippen LogP contribution >= 0.6 is 23.2 Å². The lowest BCUT2D eigenvalue weighted by molar-refractivity contribution is -0.114. The van der Waals surface area contributed by atoms with Crippen LogP contribution in [-0.2, 0) is 10.2 Å². The van der Waals surface area contributed by atoms with Gasteiger partial charge in [0, 0.05) is 28.8 Å². The zero-order chi connectivity index (χ0) is 23.2. The van der Waals surface area contributed by atoms with Crippen molar-refractivity contribution < 1.29 is 9.90 Å². The van der Waals surface area contributed by atoms with Gasteiger partial charge in [-0.1, -0.05) is 44.0 Å². The molecule has 32 heavy (non-hydrogen) atoms. The third-order valence-electron chi connectivity index (χ3n) is 4.81. The molecule has 2 heterocycles. The van der Waals surface area contributed by atoms with Crippen molar-refractivity contribution in [2.75, 3.05) is 5.32 Å². The third kappa shape index (κ3) is 4.26. The lowest BCUT2D eigenvalue weighted by Crippen LogP contribution is -2.22. The number of halogens is 2. The van der Waals surface area contributed by atoms with E-state index < -0.39 is 0 Å². The normalized spacial score (nSPS) is 12.5. The molecule has 0 aliphatic heterocycles. The number of hydrogen-bond acceptors (Lipinski definition) is 5. The first kappa shape index (κ1) is 22.0. The van der Waals surface area contributed by atoms with Crippen LogP contribution in [0.15, 0.2) is 36.4 Å². The Kier molecular flexibility index (Phi) is 5.56. The number of carbonyl (C=O) groups excluding carboxylic acids is 1. The van der Waals surface area contributed by atoms with E-state index in [1.54, 1.807) is 24.3 Å². The van der Waals surface area contributed by atoms with Crippen LogP contribution in [0.3, 0.4) is 0 Å². The van der Waals surface area contributed by atoms with Gasteiger partial charge in [-0.05, 0) is 48.0 Å². The minimum atomic E-state index is -0.265. The van der Waals surface area contributed by atoms with Crippen molar-refractivity contribution >= 4 is 46.5 Å². The quantitative estimate of drug-likeness (QED) is 0.457. The molecule has 2 aromatic heterocycles. The number of hydrogen-bond donors (Lipinski definition) is 2. The second kappa shape index (κ2) is 8.07. The van der Waals surface area contributed by atoms with Gasteiger partial charge < -0.3 is 10.4 Å². The van der Waals surface area contributed by atoms with Gasteiger partial charge in [0.1, 0.15) is 0 Å². The van der Waals surface area contributed by atoms with Gasteiger partial charge in [-0.15, -0.1) is 9.73 Å². The highest BCUT2D eigenvalue weighted by Crippen LogP contribution is 2.33. The van der Waals surface area contributed by atoms with Crippen LogP contribution in [-0.4, -0.2) is 30.8 Å². The maximum Gasteiger partial charge on any atom is 0.221 e. The van der Waals surface area contributed by atoms with E-state index in [0.29, 0.717) is 22.7 Å². The Hall–Kier alpha value is -3.16. The number of amides is 1. The topological polar surface area (TPSA) is 92.4 Å². The van der Waals surface area contributed by atoms with E-state index in [0.717, 1.165) is 16.5 Å². The van der Waals surface area contributed by atoms with Crippen molar-refractivity contribution in [2.24, 2.45) is 0 Å². The van der Waals surface area contributed by atoms with Gasteiger partial charge in [0.25, 0.3) is 0 Å². The Labute approximate surface area is 194 Å². The molecule has 0 saturated heterocycles. The summed E-state index contributed by atoms with van der Waals surface area (Å²) in [5.74, 6) is 0.226. The van der Waals surface area contributed by atoms with Gasteiger partial charge in [0.2, 0.25) is 5.91 Å². The van der Waals surface area contributed by atoms with Crippen molar-refractivity contribution in [3.05, 3.63) is 62.9 Å². The predicted octanol–water partition coefficient (Wildman–Crippen LogP) is 4.61. The molecule has 0 fully saturated rings. The van der Waals surface area contributed by atoms with Crippen LogP contribution in [0.1, 0.15) is 39.0 Å². The molecule has 0 aliphatic rings. The first-order chi connectivity index (χ1) is 15.0. The average molecular weight is 470 g/mol. The highest BCUT2D eigenvalue weighted by Gasteiger charge is 2.23. The summed E-state index contributed by atoms with van der Waals surface area (Å²) in [6.07, 6.45) is 1.89. The SMILES string of the molecule is CC(=O)Nc1ccc(-c2nc3/c(=C\c4cc(Cl)c(O)c(Cl)c4)c(C(C)(C)C)nn3n2)cc1. The molecule has 2 aromatic carbocycles. The number of nitrogens with zero attached hydrogens (tertiary/aromatic N) is 4. The summed E-state index contributed by atoms with van der Waals surface area (Å²) in [4.78, 5) is 16.0. The Morgan fingerprint density at radius 1 is 1.09 bits per heavy atom. The van der Waals surface area contributed by atoms with Crippen LogP contribution in [0, 0.1) is 0 Å². The molecule has 0 aliphatic carbocycles. The Morgan fingerprint density at radius 3 is 2.28 bits per heavy atom. The van der Waals surface area contributed by atoms with Crippen LogP contribution in [0.25, 0.3) is 23.1 Å². The zero-order valence-corrected chi connectivity index (χ0v) is 19.5. The van der Waals surface area contributed by atoms with Gasteiger partial charge >= 0.3 is 0 Å². The van der Waals surface area contributed by atoms with Crippen LogP contribution in [0.4, 0.5) is 5.69 Å². The number of phenols is 1. The average Bonchev–Trinajstić information content (AvgIpc) is 3.25. The predicted molar refractivity (Wildman–Crippen MR) is 126 cm³/mol. The monoisotopic (exact) mass is 469 g/mol. The van der Waals surface area contributed by atoms with Gasteiger partial charge in [-0.25, -0.2) is 4.98 Å². The molecule has 0 spiro atoms. The molecular formula is C23H21Cl2N5O2. The number of aromatic nitrogens is 4. The molecule has 164 valence electrons. The van der Waals surface area contributed by atoms with Gasteiger partial charge in [0.05, 0.1) is 15.7 Å². The molecule has 4 rings (SSSR count). The third-order valence-corrected chi connectivity index (χ3v) is 5.38. The van der Waals surface area contributed by atoms with E-state index in [9.17, 15) is 9.90 Å². The summed E-state index contributed by atoms with van der Waals surface area (Å²) in [5.41, 5.74) is 3.35. The van der Waals surface area contributed by atoms with E-state index in [1.165, 1.54) is 11.6 Å². The molecular weight excluding hydrogens is 449 g/mol. The zero-order valence-electron chi connectivity index (χ0n) is 17.9. The van der Waals surface area contributed by atoms with Gasteiger partial charge in [0.15, 0.2) is 17.2 Å². The van der Waals surface area contributed by atoms with Gasteiger partial charge in [-0.2, -0.15) is 5.10 Å². The highest BCUT2D eigenvalue weighted by atomic mass is 35.5. The van der Waals surface area contributed by atoms with E-state index in [1.807, 2.05) is 18.2 Å².